The number of halogens is 1. The standard InChI is InChI=1S/C19H25ClN4O/c20-17-3-5-18(6-4-17)24-14-16(12-21-24)13-22-7-1-2-19(15-22)23-8-10-25-11-9-23/h3-6,12,14,19H,1-2,7-11,13,15H2. The van der Waals surface area contributed by atoms with Crippen molar-refractivity contribution < 1.29 is 4.74 Å². The zero-order chi connectivity index (χ0) is 17.1. The van der Waals surface area contributed by atoms with Crippen LogP contribution in [0.1, 0.15) is 18.4 Å². The van der Waals surface area contributed by atoms with Crippen molar-refractivity contribution in [2.75, 3.05) is 39.4 Å². The lowest BCUT2D eigenvalue weighted by molar-refractivity contribution is -0.00358. The number of benzene rings is 1. The quantitative estimate of drug-likeness (QED) is 0.839. The normalized spacial score (nSPS) is 23.0. The number of ether oxygens (including phenoxy) is 1. The number of hydrogen-bond donors (Lipinski definition) is 0. The van der Waals surface area contributed by atoms with Crippen molar-refractivity contribution in [3.05, 3.63) is 47.2 Å². The maximum absolute atomic E-state index is 5.96. The Labute approximate surface area is 154 Å². The van der Waals surface area contributed by atoms with Gasteiger partial charge in [-0.25, -0.2) is 4.68 Å². The Morgan fingerprint density at radius 3 is 2.72 bits per heavy atom. The summed E-state index contributed by atoms with van der Waals surface area (Å²) in [6.45, 7) is 7.20. The summed E-state index contributed by atoms with van der Waals surface area (Å²) in [7, 11) is 0. The van der Waals surface area contributed by atoms with Gasteiger partial charge in [0.25, 0.3) is 0 Å². The molecule has 2 aliphatic rings. The van der Waals surface area contributed by atoms with E-state index in [9.17, 15) is 0 Å². The number of hydrogen-bond acceptors (Lipinski definition) is 4. The fourth-order valence-electron chi connectivity index (χ4n) is 3.85. The van der Waals surface area contributed by atoms with Crippen molar-refractivity contribution >= 4 is 11.6 Å². The fraction of sp³-hybridized carbons (Fsp3) is 0.526. The molecule has 1 aromatic carbocycles. The van der Waals surface area contributed by atoms with Crippen LogP contribution >= 0.6 is 11.6 Å². The van der Waals surface area contributed by atoms with Crippen molar-refractivity contribution in [1.29, 1.82) is 0 Å². The topological polar surface area (TPSA) is 33.5 Å². The molecule has 1 unspecified atom stereocenters. The summed E-state index contributed by atoms with van der Waals surface area (Å²) in [4.78, 5) is 5.17. The Hall–Kier alpha value is -1.40. The summed E-state index contributed by atoms with van der Waals surface area (Å²) in [5, 5.41) is 5.26. The highest BCUT2D eigenvalue weighted by Crippen LogP contribution is 2.20. The molecule has 1 atom stereocenters. The van der Waals surface area contributed by atoms with Crippen LogP contribution in [0, 0.1) is 0 Å². The van der Waals surface area contributed by atoms with Gasteiger partial charge in [0.2, 0.25) is 0 Å². The first-order valence-corrected chi connectivity index (χ1v) is 9.49. The van der Waals surface area contributed by atoms with Gasteiger partial charge in [-0.1, -0.05) is 11.6 Å². The lowest BCUT2D eigenvalue weighted by Crippen LogP contribution is -2.51. The van der Waals surface area contributed by atoms with E-state index in [1.165, 1.54) is 24.9 Å². The first-order valence-electron chi connectivity index (χ1n) is 9.11. The van der Waals surface area contributed by atoms with Crippen molar-refractivity contribution in [3.8, 4) is 5.69 Å². The molecule has 0 aliphatic carbocycles. The van der Waals surface area contributed by atoms with E-state index in [1.54, 1.807) is 0 Å². The summed E-state index contributed by atoms with van der Waals surface area (Å²) >= 11 is 5.96. The van der Waals surface area contributed by atoms with E-state index >= 15 is 0 Å². The summed E-state index contributed by atoms with van der Waals surface area (Å²) in [5.74, 6) is 0. The van der Waals surface area contributed by atoms with Gasteiger partial charge < -0.3 is 4.74 Å². The summed E-state index contributed by atoms with van der Waals surface area (Å²) in [6, 6.07) is 8.46. The third kappa shape index (κ3) is 4.23. The number of nitrogens with zero attached hydrogens (tertiary/aromatic N) is 4. The maximum atomic E-state index is 5.96. The average Bonchev–Trinajstić information content (AvgIpc) is 3.12. The first kappa shape index (κ1) is 17.0. The number of piperidine rings is 1. The van der Waals surface area contributed by atoms with Gasteiger partial charge in [0, 0.05) is 49.0 Å². The highest BCUT2D eigenvalue weighted by atomic mass is 35.5. The van der Waals surface area contributed by atoms with Gasteiger partial charge in [-0.2, -0.15) is 5.10 Å². The van der Waals surface area contributed by atoms with Crippen LogP contribution in [0.4, 0.5) is 0 Å². The zero-order valence-electron chi connectivity index (χ0n) is 14.5. The van der Waals surface area contributed by atoms with Gasteiger partial charge in [-0.05, 0) is 43.7 Å². The Kier molecular flexibility index (Phi) is 5.36. The number of aromatic nitrogens is 2. The second-order valence-corrected chi connectivity index (χ2v) is 7.39. The molecule has 134 valence electrons. The lowest BCUT2D eigenvalue weighted by atomic mass is 10.0. The summed E-state index contributed by atoms with van der Waals surface area (Å²) in [5.41, 5.74) is 2.30. The maximum Gasteiger partial charge on any atom is 0.0646 e. The minimum Gasteiger partial charge on any atom is -0.379 e. The molecule has 1 aromatic heterocycles. The van der Waals surface area contributed by atoms with Crippen molar-refractivity contribution in [2.45, 2.75) is 25.4 Å². The SMILES string of the molecule is Clc1ccc(-n2cc(CN3CCCC(N4CCOCC4)C3)cn2)cc1. The van der Waals surface area contributed by atoms with Crippen LogP contribution in [0.15, 0.2) is 36.7 Å². The molecule has 4 rings (SSSR count). The van der Waals surface area contributed by atoms with Crippen LogP contribution in [0.2, 0.25) is 5.02 Å². The van der Waals surface area contributed by atoms with Crippen LogP contribution in [0.3, 0.4) is 0 Å². The Morgan fingerprint density at radius 2 is 1.92 bits per heavy atom. The van der Waals surface area contributed by atoms with Gasteiger partial charge in [0.15, 0.2) is 0 Å². The van der Waals surface area contributed by atoms with Crippen molar-refractivity contribution in [1.82, 2.24) is 19.6 Å². The molecule has 6 heteroatoms. The van der Waals surface area contributed by atoms with Crippen LogP contribution in [0.25, 0.3) is 5.69 Å². The van der Waals surface area contributed by atoms with Crippen LogP contribution in [-0.2, 0) is 11.3 Å². The van der Waals surface area contributed by atoms with Gasteiger partial charge in [0.1, 0.15) is 0 Å². The third-order valence-electron chi connectivity index (χ3n) is 5.18. The molecule has 2 aromatic rings. The smallest absolute Gasteiger partial charge is 0.0646 e. The van der Waals surface area contributed by atoms with Crippen molar-refractivity contribution in [2.24, 2.45) is 0 Å². The van der Waals surface area contributed by atoms with Gasteiger partial charge in [0.05, 0.1) is 25.1 Å². The summed E-state index contributed by atoms with van der Waals surface area (Å²) in [6.07, 6.45) is 6.68. The number of likely N-dealkylation sites (tertiary alicyclic amines) is 1. The minimum absolute atomic E-state index is 0.670. The van der Waals surface area contributed by atoms with E-state index in [2.05, 4.69) is 21.1 Å². The summed E-state index contributed by atoms with van der Waals surface area (Å²) < 4.78 is 7.42. The third-order valence-corrected chi connectivity index (χ3v) is 5.43. The first-order chi connectivity index (χ1) is 12.3. The van der Waals surface area contributed by atoms with E-state index in [0.717, 1.165) is 50.1 Å². The average molecular weight is 361 g/mol. The molecule has 0 bridgehead atoms. The predicted octanol–water partition coefficient (Wildman–Crippen LogP) is 2.82. The van der Waals surface area contributed by atoms with Crippen LogP contribution in [0.5, 0.6) is 0 Å². The van der Waals surface area contributed by atoms with E-state index in [4.69, 9.17) is 16.3 Å². The van der Waals surface area contributed by atoms with E-state index in [-0.39, 0.29) is 0 Å². The van der Waals surface area contributed by atoms with Crippen molar-refractivity contribution in [3.63, 3.8) is 0 Å². The number of morpholine rings is 1. The Morgan fingerprint density at radius 1 is 1.12 bits per heavy atom. The molecule has 2 fully saturated rings. The highest BCUT2D eigenvalue weighted by molar-refractivity contribution is 6.30. The molecule has 2 saturated heterocycles. The zero-order valence-corrected chi connectivity index (χ0v) is 15.2. The molecule has 0 radical (unpaired) electrons. The predicted molar refractivity (Wildman–Crippen MR) is 99.3 cm³/mol. The largest absolute Gasteiger partial charge is 0.379 e. The molecule has 0 amide bonds. The van der Waals surface area contributed by atoms with E-state index < -0.39 is 0 Å². The van der Waals surface area contributed by atoms with Crippen LogP contribution in [-0.4, -0.2) is 65.0 Å². The van der Waals surface area contributed by atoms with Gasteiger partial charge in [-0.15, -0.1) is 0 Å². The fourth-order valence-corrected chi connectivity index (χ4v) is 3.98. The molecular formula is C19H25ClN4O. The molecule has 25 heavy (non-hydrogen) atoms. The second-order valence-electron chi connectivity index (χ2n) is 6.95. The molecular weight excluding hydrogens is 336 g/mol. The Bertz CT molecular complexity index is 681. The molecule has 0 spiro atoms. The number of rotatable bonds is 4. The monoisotopic (exact) mass is 360 g/mol. The molecule has 5 nitrogen and oxygen atoms in total. The molecule has 3 heterocycles. The van der Waals surface area contributed by atoms with Gasteiger partial charge >= 0.3 is 0 Å². The van der Waals surface area contributed by atoms with E-state index in [1.807, 2.05) is 35.1 Å². The lowest BCUT2D eigenvalue weighted by Gasteiger charge is -2.40. The minimum atomic E-state index is 0.670. The highest BCUT2D eigenvalue weighted by Gasteiger charge is 2.26. The van der Waals surface area contributed by atoms with E-state index in [0.29, 0.717) is 6.04 Å². The Balaban J connectivity index is 1.37. The molecule has 0 saturated carbocycles. The van der Waals surface area contributed by atoms with Gasteiger partial charge in [-0.3, -0.25) is 9.80 Å². The van der Waals surface area contributed by atoms with Crippen LogP contribution < -0.4 is 0 Å². The second kappa shape index (κ2) is 7.87. The molecule has 0 N–H and O–H groups in total. The molecule has 2 aliphatic heterocycles.